The molecule has 1 heterocycles. The first-order valence-corrected chi connectivity index (χ1v) is 4.27. The number of esters is 1. The summed E-state index contributed by atoms with van der Waals surface area (Å²) in [7, 11) is 0.992. The number of carbonyl (C=O) groups excluding carboxylic acids is 1. The van der Waals surface area contributed by atoms with Gasteiger partial charge in [0.15, 0.2) is 5.69 Å². The first-order valence-electron chi connectivity index (χ1n) is 4.27. The summed E-state index contributed by atoms with van der Waals surface area (Å²) in [5, 5.41) is 0. The lowest BCUT2D eigenvalue weighted by Gasteiger charge is -2.09. The molecule has 2 N–H and O–H groups in total. The maximum atomic E-state index is 13.3. The maximum absolute atomic E-state index is 13.3. The molecular weight excluding hydrogens is 225 g/mol. The Hall–Kier alpha value is -1.63. The minimum absolute atomic E-state index is 0.00213. The number of alkyl halides is 2. The van der Waals surface area contributed by atoms with Crippen molar-refractivity contribution in [1.29, 1.82) is 0 Å². The molecule has 88 valence electrons. The number of nitrogens with two attached hydrogens (primary N) is 1. The van der Waals surface area contributed by atoms with Crippen LogP contribution in [0.5, 0.6) is 0 Å². The molecule has 0 saturated carbocycles. The molecule has 0 radical (unpaired) electrons. The monoisotopic (exact) mass is 234 g/mol. The third-order valence-corrected chi connectivity index (χ3v) is 1.87. The Balaban J connectivity index is 3.40. The van der Waals surface area contributed by atoms with Gasteiger partial charge in [-0.15, -0.1) is 0 Å². The number of rotatable bonds is 3. The predicted molar refractivity (Wildman–Crippen MR) is 48.4 cm³/mol. The molecular formula is C9H9F3N2O2. The zero-order valence-electron chi connectivity index (χ0n) is 8.34. The molecule has 0 unspecified atom stereocenters. The molecule has 0 atom stereocenters. The third kappa shape index (κ3) is 2.30. The topological polar surface area (TPSA) is 65.2 Å². The van der Waals surface area contributed by atoms with E-state index in [9.17, 15) is 18.0 Å². The highest BCUT2D eigenvalue weighted by Crippen LogP contribution is 2.25. The minimum Gasteiger partial charge on any atom is -0.464 e. The lowest BCUT2D eigenvalue weighted by molar-refractivity contribution is 0.0578. The van der Waals surface area contributed by atoms with E-state index in [0.717, 1.165) is 13.2 Å². The number of aromatic nitrogens is 1. The summed E-state index contributed by atoms with van der Waals surface area (Å²) in [6.07, 6.45) is -3.14. The van der Waals surface area contributed by atoms with Gasteiger partial charge >= 0.3 is 5.97 Å². The van der Waals surface area contributed by atoms with Crippen LogP contribution in [0.1, 0.15) is 28.2 Å². The summed E-state index contributed by atoms with van der Waals surface area (Å²) in [6, 6.07) is 0.772. The van der Waals surface area contributed by atoms with Crippen LogP contribution in [0.25, 0.3) is 0 Å². The van der Waals surface area contributed by atoms with E-state index in [0.29, 0.717) is 0 Å². The molecule has 0 spiro atoms. The first-order chi connectivity index (χ1) is 7.51. The molecule has 0 saturated heterocycles. The van der Waals surface area contributed by atoms with E-state index in [1.165, 1.54) is 0 Å². The lowest BCUT2D eigenvalue weighted by Crippen LogP contribution is -2.14. The Morgan fingerprint density at radius 1 is 1.62 bits per heavy atom. The van der Waals surface area contributed by atoms with Gasteiger partial charge in [-0.3, -0.25) is 0 Å². The summed E-state index contributed by atoms with van der Waals surface area (Å²) >= 11 is 0. The number of hydrogen-bond donors (Lipinski definition) is 1. The zero-order chi connectivity index (χ0) is 12.3. The van der Waals surface area contributed by atoms with Gasteiger partial charge in [-0.25, -0.2) is 22.9 Å². The molecule has 1 rings (SSSR count). The fraction of sp³-hybridized carbons (Fsp3) is 0.333. The second-order valence-electron chi connectivity index (χ2n) is 2.85. The average molecular weight is 234 g/mol. The molecule has 0 fully saturated rings. The van der Waals surface area contributed by atoms with Crippen molar-refractivity contribution in [2.24, 2.45) is 5.73 Å². The summed E-state index contributed by atoms with van der Waals surface area (Å²) in [5.74, 6) is -2.34. The highest BCUT2D eigenvalue weighted by Gasteiger charge is 2.25. The van der Waals surface area contributed by atoms with Crippen molar-refractivity contribution >= 4 is 5.97 Å². The van der Waals surface area contributed by atoms with Crippen LogP contribution in [-0.2, 0) is 11.3 Å². The van der Waals surface area contributed by atoms with Crippen molar-refractivity contribution in [3.63, 3.8) is 0 Å². The lowest BCUT2D eigenvalue weighted by atomic mass is 10.1. The summed E-state index contributed by atoms with van der Waals surface area (Å²) in [5.41, 5.74) is 3.39. The highest BCUT2D eigenvalue weighted by atomic mass is 19.3. The molecule has 0 amide bonds. The normalized spacial score (nSPS) is 10.6. The van der Waals surface area contributed by atoms with Crippen LogP contribution >= 0.6 is 0 Å². The highest BCUT2D eigenvalue weighted by molar-refractivity contribution is 5.89. The van der Waals surface area contributed by atoms with Crippen LogP contribution in [0.4, 0.5) is 13.2 Å². The van der Waals surface area contributed by atoms with Crippen LogP contribution in [0, 0.1) is 5.82 Å². The second kappa shape index (κ2) is 4.93. The van der Waals surface area contributed by atoms with Crippen LogP contribution in [0.2, 0.25) is 0 Å². The Kier molecular flexibility index (Phi) is 3.83. The smallest absolute Gasteiger partial charge is 0.357 e. The third-order valence-electron chi connectivity index (χ3n) is 1.87. The quantitative estimate of drug-likeness (QED) is 0.803. The molecule has 16 heavy (non-hydrogen) atoms. The molecule has 4 nitrogen and oxygen atoms in total. The van der Waals surface area contributed by atoms with E-state index < -0.39 is 29.5 Å². The van der Waals surface area contributed by atoms with Crippen molar-refractivity contribution in [2.45, 2.75) is 13.0 Å². The summed E-state index contributed by atoms with van der Waals surface area (Å²) < 4.78 is 42.5. The van der Waals surface area contributed by atoms with Gasteiger partial charge < -0.3 is 10.5 Å². The van der Waals surface area contributed by atoms with E-state index in [4.69, 9.17) is 5.73 Å². The Labute approximate surface area is 89.2 Å². The second-order valence-corrected chi connectivity index (χ2v) is 2.85. The molecule has 0 aromatic carbocycles. The molecule has 0 aliphatic carbocycles. The molecule has 7 heteroatoms. The average Bonchev–Trinajstić information content (AvgIpc) is 2.26. The van der Waals surface area contributed by atoms with Gasteiger partial charge in [0.05, 0.1) is 18.4 Å². The van der Waals surface area contributed by atoms with Crippen LogP contribution < -0.4 is 5.73 Å². The van der Waals surface area contributed by atoms with Crippen LogP contribution in [-0.4, -0.2) is 18.1 Å². The number of nitrogens with zero attached hydrogens (tertiary/aromatic N) is 1. The van der Waals surface area contributed by atoms with Crippen molar-refractivity contribution in [2.75, 3.05) is 7.11 Å². The van der Waals surface area contributed by atoms with Crippen LogP contribution in [0.3, 0.4) is 0 Å². The molecule has 1 aromatic rings. The van der Waals surface area contributed by atoms with Gasteiger partial charge in [-0.1, -0.05) is 0 Å². The van der Waals surface area contributed by atoms with E-state index in [1.54, 1.807) is 0 Å². The Morgan fingerprint density at radius 2 is 2.25 bits per heavy atom. The van der Waals surface area contributed by atoms with Gasteiger partial charge in [-0.2, -0.15) is 0 Å². The summed E-state index contributed by atoms with van der Waals surface area (Å²) in [4.78, 5) is 14.7. The standard InChI is InChI=1S/C9H9F3N2O2/c1-16-9(15)7-6(8(11)12)5(10)2-4(3-13)14-7/h2,8H,3,13H2,1H3. The van der Waals surface area contributed by atoms with Crippen LogP contribution in [0.15, 0.2) is 6.07 Å². The number of pyridine rings is 1. The van der Waals surface area contributed by atoms with E-state index in [-0.39, 0.29) is 12.2 Å². The van der Waals surface area contributed by atoms with Crippen molar-refractivity contribution in [3.8, 4) is 0 Å². The fourth-order valence-electron chi connectivity index (χ4n) is 1.14. The molecule has 0 aliphatic rings. The SMILES string of the molecule is COC(=O)c1nc(CN)cc(F)c1C(F)F. The first kappa shape index (κ1) is 12.4. The Bertz CT molecular complexity index is 410. The number of carbonyl (C=O) groups is 1. The van der Waals surface area contributed by atoms with E-state index in [1.807, 2.05) is 0 Å². The number of hydrogen-bond acceptors (Lipinski definition) is 4. The molecule has 0 aliphatic heterocycles. The van der Waals surface area contributed by atoms with Crippen molar-refractivity contribution in [1.82, 2.24) is 4.98 Å². The minimum atomic E-state index is -3.14. The molecule has 1 aromatic heterocycles. The van der Waals surface area contributed by atoms with E-state index >= 15 is 0 Å². The van der Waals surface area contributed by atoms with Crippen molar-refractivity contribution in [3.05, 3.63) is 28.8 Å². The Morgan fingerprint density at radius 3 is 2.69 bits per heavy atom. The number of methoxy groups -OCH3 is 1. The predicted octanol–water partition coefficient (Wildman–Crippen LogP) is 1.40. The maximum Gasteiger partial charge on any atom is 0.357 e. The molecule has 0 bridgehead atoms. The van der Waals surface area contributed by atoms with Gasteiger partial charge in [0.25, 0.3) is 6.43 Å². The van der Waals surface area contributed by atoms with Gasteiger partial charge in [-0.05, 0) is 6.07 Å². The van der Waals surface area contributed by atoms with Gasteiger partial charge in [0.2, 0.25) is 0 Å². The van der Waals surface area contributed by atoms with Gasteiger partial charge in [0.1, 0.15) is 5.82 Å². The van der Waals surface area contributed by atoms with E-state index in [2.05, 4.69) is 9.72 Å². The fourth-order valence-corrected chi connectivity index (χ4v) is 1.14. The zero-order valence-corrected chi connectivity index (χ0v) is 8.34. The largest absolute Gasteiger partial charge is 0.464 e. The van der Waals surface area contributed by atoms with Gasteiger partial charge in [0, 0.05) is 6.54 Å². The summed E-state index contributed by atoms with van der Waals surface area (Å²) in [6.45, 7) is -0.162. The number of halogens is 3. The van der Waals surface area contributed by atoms with Crippen molar-refractivity contribution < 1.29 is 22.7 Å². The number of ether oxygens (including phenoxy) is 1.